The Kier molecular flexibility index (Phi) is 2.90. The standard InChI is InChI=1S/C15H18N2O2/c1-10-5-3-4-6-11(10)7-17-8-12-13(9-17)15(19)16(2)14(12)18/h3-6,12-13H,7-9H2,1-2H3/t12-,13+. The summed E-state index contributed by atoms with van der Waals surface area (Å²) in [6.45, 7) is 4.32. The molecule has 2 heterocycles. The summed E-state index contributed by atoms with van der Waals surface area (Å²) in [5.74, 6) is -0.271. The van der Waals surface area contributed by atoms with Gasteiger partial charge in [-0.25, -0.2) is 0 Å². The van der Waals surface area contributed by atoms with Crippen molar-refractivity contribution in [1.29, 1.82) is 0 Å². The van der Waals surface area contributed by atoms with Crippen LogP contribution in [-0.2, 0) is 16.1 Å². The molecule has 1 aromatic rings. The van der Waals surface area contributed by atoms with Crippen LogP contribution in [0.2, 0.25) is 0 Å². The number of likely N-dealkylation sites (tertiary alicyclic amines) is 2. The van der Waals surface area contributed by atoms with E-state index in [4.69, 9.17) is 0 Å². The van der Waals surface area contributed by atoms with Gasteiger partial charge in [0, 0.05) is 26.7 Å². The smallest absolute Gasteiger partial charge is 0.234 e. The van der Waals surface area contributed by atoms with E-state index < -0.39 is 0 Å². The molecule has 0 radical (unpaired) electrons. The second-order valence-electron chi connectivity index (χ2n) is 5.57. The van der Waals surface area contributed by atoms with Crippen LogP contribution < -0.4 is 0 Å². The van der Waals surface area contributed by atoms with Gasteiger partial charge in [0.05, 0.1) is 11.8 Å². The highest BCUT2D eigenvalue weighted by atomic mass is 16.2. The molecular weight excluding hydrogens is 240 g/mol. The van der Waals surface area contributed by atoms with Crippen molar-refractivity contribution >= 4 is 11.8 Å². The van der Waals surface area contributed by atoms with Crippen LogP contribution in [-0.4, -0.2) is 41.8 Å². The third-order valence-electron chi connectivity index (χ3n) is 4.35. The van der Waals surface area contributed by atoms with E-state index in [1.807, 2.05) is 12.1 Å². The summed E-state index contributed by atoms with van der Waals surface area (Å²) < 4.78 is 0. The maximum absolute atomic E-state index is 11.9. The van der Waals surface area contributed by atoms with Gasteiger partial charge in [0.25, 0.3) is 0 Å². The minimum atomic E-state index is -0.124. The Morgan fingerprint density at radius 3 is 2.26 bits per heavy atom. The number of nitrogens with zero attached hydrogens (tertiary/aromatic N) is 2. The van der Waals surface area contributed by atoms with Gasteiger partial charge in [-0.1, -0.05) is 24.3 Å². The Morgan fingerprint density at radius 1 is 1.11 bits per heavy atom. The van der Waals surface area contributed by atoms with Crippen molar-refractivity contribution in [2.75, 3.05) is 20.1 Å². The SMILES string of the molecule is Cc1ccccc1CN1C[C@@H]2C(=O)N(C)C(=O)[C@@H]2C1. The molecule has 4 heteroatoms. The largest absolute Gasteiger partial charge is 0.297 e. The summed E-state index contributed by atoms with van der Waals surface area (Å²) in [6.07, 6.45) is 0. The number of hydrogen-bond acceptors (Lipinski definition) is 3. The minimum absolute atomic E-state index is 0.0118. The first-order chi connectivity index (χ1) is 9.08. The van der Waals surface area contributed by atoms with Gasteiger partial charge in [0.2, 0.25) is 11.8 Å². The van der Waals surface area contributed by atoms with Crippen LogP contribution in [0.5, 0.6) is 0 Å². The van der Waals surface area contributed by atoms with E-state index in [0.29, 0.717) is 13.1 Å². The number of carbonyl (C=O) groups is 2. The van der Waals surface area contributed by atoms with Crippen LogP contribution in [0.1, 0.15) is 11.1 Å². The molecule has 0 N–H and O–H groups in total. The Bertz CT molecular complexity index is 517. The summed E-state index contributed by atoms with van der Waals surface area (Å²) >= 11 is 0. The van der Waals surface area contributed by atoms with Gasteiger partial charge >= 0.3 is 0 Å². The van der Waals surface area contributed by atoms with E-state index in [2.05, 4.69) is 24.0 Å². The van der Waals surface area contributed by atoms with Crippen LogP contribution in [0, 0.1) is 18.8 Å². The average molecular weight is 258 g/mol. The van der Waals surface area contributed by atoms with Crippen molar-refractivity contribution < 1.29 is 9.59 Å². The van der Waals surface area contributed by atoms with E-state index in [-0.39, 0.29) is 23.7 Å². The molecule has 2 aliphatic rings. The molecule has 0 aromatic heterocycles. The molecule has 2 saturated heterocycles. The molecule has 4 nitrogen and oxygen atoms in total. The van der Waals surface area contributed by atoms with Crippen LogP contribution in [0.15, 0.2) is 24.3 Å². The molecule has 1 aromatic carbocycles. The molecule has 2 amide bonds. The zero-order valence-electron chi connectivity index (χ0n) is 11.3. The normalized spacial score (nSPS) is 27.2. The van der Waals surface area contributed by atoms with Crippen molar-refractivity contribution in [2.45, 2.75) is 13.5 Å². The molecule has 19 heavy (non-hydrogen) atoms. The molecule has 2 aliphatic heterocycles. The molecule has 2 fully saturated rings. The predicted octanol–water partition coefficient (Wildman–Crippen LogP) is 1.04. The fourth-order valence-electron chi connectivity index (χ4n) is 3.15. The number of rotatable bonds is 2. The molecule has 0 unspecified atom stereocenters. The number of fused-ring (bicyclic) bond motifs is 1. The summed E-state index contributed by atoms with van der Waals surface area (Å²) in [7, 11) is 1.59. The third-order valence-corrected chi connectivity index (χ3v) is 4.35. The highest BCUT2D eigenvalue weighted by Gasteiger charge is 2.50. The molecule has 3 rings (SSSR count). The Balaban J connectivity index is 1.73. The molecule has 0 spiro atoms. The average Bonchev–Trinajstić information content (AvgIpc) is 2.89. The quantitative estimate of drug-likeness (QED) is 0.744. The number of carbonyl (C=O) groups excluding carboxylic acids is 2. The lowest BCUT2D eigenvalue weighted by Crippen LogP contribution is -2.33. The molecule has 100 valence electrons. The van der Waals surface area contributed by atoms with Crippen molar-refractivity contribution in [3.63, 3.8) is 0 Å². The van der Waals surface area contributed by atoms with Gasteiger partial charge in [-0.05, 0) is 18.1 Å². The number of aryl methyl sites for hydroxylation is 1. The van der Waals surface area contributed by atoms with Gasteiger partial charge < -0.3 is 0 Å². The first kappa shape index (κ1) is 12.4. The Hall–Kier alpha value is -1.68. The molecule has 2 atom stereocenters. The lowest BCUT2D eigenvalue weighted by atomic mass is 10.00. The number of benzene rings is 1. The van der Waals surface area contributed by atoms with E-state index in [1.54, 1.807) is 7.05 Å². The summed E-state index contributed by atoms with van der Waals surface area (Å²) in [4.78, 5) is 27.4. The van der Waals surface area contributed by atoms with E-state index in [0.717, 1.165) is 6.54 Å². The molecule has 0 saturated carbocycles. The highest BCUT2D eigenvalue weighted by Crippen LogP contribution is 2.33. The second-order valence-corrected chi connectivity index (χ2v) is 5.57. The van der Waals surface area contributed by atoms with Crippen molar-refractivity contribution in [3.8, 4) is 0 Å². The van der Waals surface area contributed by atoms with Gasteiger partial charge in [-0.2, -0.15) is 0 Å². The fourth-order valence-corrected chi connectivity index (χ4v) is 3.15. The molecular formula is C15H18N2O2. The Morgan fingerprint density at radius 2 is 1.68 bits per heavy atom. The van der Waals surface area contributed by atoms with Gasteiger partial charge in [-0.3, -0.25) is 19.4 Å². The van der Waals surface area contributed by atoms with Gasteiger partial charge in [-0.15, -0.1) is 0 Å². The first-order valence-electron chi connectivity index (χ1n) is 6.66. The lowest BCUT2D eigenvalue weighted by Gasteiger charge is -2.19. The van der Waals surface area contributed by atoms with Crippen molar-refractivity contribution in [3.05, 3.63) is 35.4 Å². The number of imide groups is 1. The summed E-state index contributed by atoms with van der Waals surface area (Å²) in [5.41, 5.74) is 2.53. The van der Waals surface area contributed by atoms with Gasteiger partial charge in [0.1, 0.15) is 0 Å². The minimum Gasteiger partial charge on any atom is -0.297 e. The topological polar surface area (TPSA) is 40.6 Å². The second kappa shape index (κ2) is 4.46. The van der Waals surface area contributed by atoms with E-state index >= 15 is 0 Å². The highest BCUT2D eigenvalue weighted by molar-refractivity contribution is 6.05. The summed E-state index contributed by atoms with van der Waals surface area (Å²) in [5, 5.41) is 0. The Labute approximate surface area is 113 Å². The zero-order chi connectivity index (χ0) is 13.6. The van der Waals surface area contributed by atoms with Crippen molar-refractivity contribution in [2.24, 2.45) is 11.8 Å². The maximum atomic E-state index is 11.9. The van der Waals surface area contributed by atoms with Crippen LogP contribution in [0.4, 0.5) is 0 Å². The van der Waals surface area contributed by atoms with Gasteiger partial charge in [0.15, 0.2) is 0 Å². The number of amides is 2. The van der Waals surface area contributed by atoms with E-state index in [9.17, 15) is 9.59 Å². The molecule has 0 aliphatic carbocycles. The fraction of sp³-hybridized carbons (Fsp3) is 0.467. The summed E-state index contributed by atoms with van der Waals surface area (Å²) in [6, 6.07) is 8.26. The lowest BCUT2D eigenvalue weighted by molar-refractivity contribution is -0.138. The molecule has 0 bridgehead atoms. The first-order valence-corrected chi connectivity index (χ1v) is 6.66. The van der Waals surface area contributed by atoms with Crippen LogP contribution >= 0.6 is 0 Å². The third kappa shape index (κ3) is 1.96. The maximum Gasteiger partial charge on any atom is 0.234 e. The monoisotopic (exact) mass is 258 g/mol. The number of hydrogen-bond donors (Lipinski definition) is 0. The van der Waals surface area contributed by atoms with Crippen LogP contribution in [0.3, 0.4) is 0 Å². The van der Waals surface area contributed by atoms with E-state index in [1.165, 1.54) is 16.0 Å². The predicted molar refractivity (Wildman–Crippen MR) is 71.2 cm³/mol. The zero-order valence-corrected chi connectivity index (χ0v) is 11.3. The van der Waals surface area contributed by atoms with Crippen molar-refractivity contribution in [1.82, 2.24) is 9.80 Å². The van der Waals surface area contributed by atoms with Crippen LogP contribution in [0.25, 0.3) is 0 Å².